The zero-order valence-corrected chi connectivity index (χ0v) is 9.09. The molecular formula is C9H13F3O4. The number of carbonyl (C=O) groups excluding carboxylic acids is 1. The van der Waals surface area contributed by atoms with Gasteiger partial charge in [0, 0.05) is 0 Å². The Morgan fingerprint density at radius 3 is 2.00 bits per heavy atom. The molecule has 1 unspecified atom stereocenters. The van der Waals surface area contributed by atoms with Gasteiger partial charge in [0.15, 0.2) is 5.92 Å². The Morgan fingerprint density at radius 2 is 1.75 bits per heavy atom. The van der Waals surface area contributed by atoms with Crippen LogP contribution in [0.15, 0.2) is 0 Å². The topological polar surface area (TPSA) is 63.6 Å². The molecule has 0 saturated carbocycles. The smallest absolute Gasteiger partial charge is 0.395 e. The second kappa shape index (κ2) is 4.71. The Labute approximate surface area is 90.4 Å². The van der Waals surface area contributed by atoms with Crippen LogP contribution < -0.4 is 0 Å². The van der Waals surface area contributed by atoms with Crippen LogP contribution in [-0.4, -0.2) is 29.8 Å². The van der Waals surface area contributed by atoms with Crippen molar-refractivity contribution in [2.24, 2.45) is 11.3 Å². The van der Waals surface area contributed by atoms with Crippen molar-refractivity contribution in [2.45, 2.75) is 26.9 Å². The van der Waals surface area contributed by atoms with Crippen molar-refractivity contribution in [2.75, 3.05) is 6.61 Å². The van der Waals surface area contributed by atoms with Crippen LogP contribution in [0.2, 0.25) is 0 Å². The summed E-state index contributed by atoms with van der Waals surface area (Å²) in [5, 5.41) is 8.67. The van der Waals surface area contributed by atoms with E-state index in [1.165, 1.54) is 6.92 Å². The van der Waals surface area contributed by atoms with Gasteiger partial charge in [0.1, 0.15) is 0 Å². The van der Waals surface area contributed by atoms with Gasteiger partial charge < -0.3 is 9.84 Å². The molecule has 94 valence electrons. The van der Waals surface area contributed by atoms with Crippen LogP contribution in [0.1, 0.15) is 20.8 Å². The lowest BCUT2D eigenvalue weighted by atomic mass is 9.78. The van der Waals surface area contributed by atoms with Gasteiger partial charge in [0.05, 0.1) is 12.0 Å². The maximum atomic E-state index is 12.6. The van der Waals surface area contributed by atoms with E-state index in [9.17, 15) is 22.8 Å². The standard InChI is InChI=1S/C9H13F3O4/c1-4-16-7(15)5(6(13)14)8(2,3)9(10,11)12/h5H,4H2,1-3H3,(H,13,14). The quantitative estimate of drug-likeness (QED) is 0.603. The van der Waals surface area contributed by atoms with Crippen LogP contribution in [0, 0.1) is 11.3 Å². The molecule has 0 spiro atoms. The minimum Gasteiger partial charge on any atom is -0.481 e. The van der Waals surface area contributed by atoms with Crippen molar-refractivity contribution in [1.82, 2.24) is 0 Å². The van der Waals surface area contributed by atoms with Gasteiger partial charge in [0.25, 0.3) is 0 Å². The molecule has 4 nitrogen and oxygen atoms in total. The molecule has 0 aromatic rings. The molecule has 0 saturated heterocycles. The Hall–Kier alpha value is -1.27. The third-order valence-electron chi connectivity index (χ3n) is 2.22. The van der Waals surface area contributed by atoms with Gasteiger partial charge in [-0.2, -0.15) is 13.2 Å². The predicted octanol–water partition coefficient (Wildman–Crippen LogP) is 1.84. The van der Waals surface area contributed by atoms with E-state index in [0.717, 1.165) is 0 Å². The highest BCUT2D eigenvalue weighted by Gasteiger charge is 2.58. The minimum atomic E-state index is -4.80. The van der Waals surface area contributed by atoms with Gasteiger partial charge in [-0.25, -0.2) is 0 Å². The number of carboxylic acid groups (broad SMARTS) is 1. The summed E-state index contributed by atoms with van der Waals surface area (Å²) >= 11 is 0. The Bertz CT molecular complexity index is 283. The molecule has 0 aliphatic heterocycles. The van der Waals surface area contributed by atoms with Crippen LogP contribution in [0.3, 0.4) is 0 Å². The first-order chi connectivity index (χ1) is 7.05. The Kier molecular flexibility index (Phi) is 4.34. The molecule has 0 aliphatic rings. The summed E-state index contributed by atoms with van der Waals surface area (Å²) in [6.07, 6.45) is -4.80. The number of aliphatic carboxylic acids is 1. The van der Waals surface area contributed by atoms with Crippen molar-refractivity contribution in [3.8, 4) is 0 Å². The third kappa shape index (κ3) is 2.86. The second-order valence-electron chi connectivity index (χ2n) is 3.74. The zero-order chi connectivity index (χ0) is 13.1. The van der Waals surface area contributed by atoms with E-state index in [-0.39, 0.29) is 6.61 Å². The van der Waals surface area contributed by atoms with Crippen molar-refractivity contribution in [1.29, 1.82) is 0 Å². The van der Waals surface area contributed by atoms with E-state index in [2.05, 4.69) is 4.74 Å². The van der Waals surface area contributed by atoms with E-state index in [4.69, 9.17) is 5.11 Å². The summed E-state index contributed by atoms with van der Waals surface area (Å²) in [4.78, 5) is 21.9. The largest absolute Gasteiger partial charge is 0.481 e. The summed E-state index contributed by atoms with van der Waals surface area (Å²) in [7, 11) is 0. The maximum absolute atomic E-state index is 12.6. The average Bonchev–Trinajstić information content (AvgIpc) is 2.00. The number of ether oxygens (including phenoxy) is 1. The maximum Gasteiger partial charge on any atom is 0.395 e. The monoisotopic (exact) mass is 242 g/mol. The zero-order valence-electron chi connectivity index (χ0n) is 9.09. The van der Waals surface area contributed by atoms with Crippen molar-refractivity contribution < 1.29 is 32.6 Å². The molecule has 0 amide bonds. The number of alkyl halides is 3. The Morgan fingerprint density at radius 1 is 1.31 bits per heavy atom. The highest BCUT2D eigenvalue weighted by Crippen LogP contribution is 2.44. The van der Waals surface area contributed by atoms with Crippen LogP contribution in [-0.2, 0) is 14.3 Å². The molecule has 0 aromatic carbocycles. The van der Waals surface area contributed by atoms with Crippen molar-refractivity contribution >= 4 is 11.9 Å². The first kappa shape index (κ1) is 14.7. The number of hydrogen-bond donors (Lipinski definition) is 1. The van der Waals surface area contributed by atoms with Crippen LogP contribution >= 0.6 is 0 Å². The molecule has 0 rings (SSSR count). The van der Waals surface area contributed by atoms with Crippen LogP contribution in [0.4, 0.5) is 13.2 Å². The van der Waals surface area contributed by atoms with Crippen molar-refractivity contribution in [3.63, 3.8) is 0 Å². The fourth-order valence-electron chi connectivity index (χ4n) is 1.09. The molecule has 0 bridgehead atoms. The number of carboxylic acids is 1. The number of carbonyl (C=O) groups is 2. The molecule has 0 fully saturated rings. The summed E-state index contributed by atoms with van der Waals surface area (Å²) in [6, 6.07) is 0. The molecule has 1 N–H and O–H groups in total. The molecule has 1 atom stereocenters. The summed E-state index contributed by atoms with van der Waals surface area (Å²) in [5.41, 5.74) is -2.68. The van der Waals surface area contributed by atoms with Gasteiger partial charge in [-0.3, -0.25) is 9.59 Å². The van der Waals surface area contributed by atoms with E-state index in [0.29, 0.717) is 13.8 Å². The van der Waals surface area contributed by atoms with E-state index >= 15 is 0 Å². The highest BCUT2D eigenvalue weighted by atomic mass is 19.4. The lowest BCUT2D eigenvalue weighted by molar-refractivity contribution is -0.235. The normalized spacial score (nSPS) is 14.4. The van der Waals surface area contributed by atoms with Crippen LogP contribution in [0.5, 0.6) is 0 Å². The van der Waals surface area contributed by atoms with Gasteiger partial charge in [-0.1, -0.05) is 0 Å². The fourth-order valence-corrected chi connectivity index (χ4v) is 1.09. The predicted molar refractivity (Wildman–Crippen MR) is 47.6 cm³/mol. The second-order valence-corrected chi connectivity index (χ2v) is 3.74. The summed E-state index contributed by atoms with van der Waals surface area (Å²) in [6.45, 7) is 2.53. The minimum absolute atomic E-state index is 0.170. The molecule has 16 heavy (non-hydrogen) atoms. The Balaban J connectivity index is 5.22. The number of halogens is 3. The lowest BCUT2D eigenvalue weighted by Crippen LogP contribution is -2.47. The highest BCUT2D eigenvalue weighted by molar-refractivity contribution is 5.95. The van der Waals surface area contributed by atoms with Gasteiger partial charge >= 0.3 is 18.1 Å². The molecule has 0 radical (unpaired) electrons. The molecule has 0 aliphatic carbocycles. The third-order valence-corrected chi connectivity index (χ3v) is 2.22. The average molecular weight is 242 g/mol. The number of esters is 1. The van der Waals surface area contributed by atoms with E-state index in [1.54, 1.807) is 0 Å². The van der Waals surface area contributed by atoms with Crippen LogP contribution in [0.25, 0.3) is 0 Å². The van der Waals surface area contributed by atoms with Crippen molar-refractivity contribution in [3.05, 3.63) is 0 Å². The van der Waals surface area contributed by atoms with Gasteiger partial charge in [0.2, 0.25) is 0 Å². The molecular weight excluding hydrogens is 229 g/mol. The molecule has 0 aromatic heterocycles. The van der Waals surface area contributed by atoms with Gasteiger partial charge in [-0.05, 0) is 20.8 Å². The first-order valence-corrected chi connectivity index (χ1v) is 4.51. The molecule has 0 heterocycles. The summed E-state index contributed by atoms with van der Waals surface area (Å²) < 4.78 is 42.0. The SMILES string of the molecule is CCOC(=O)C(C(=O)O)C(C)(C)C(F)(F)F. The number of rotatable bonds is 4. The molecule has 7 heteroatoms. The summed E-state index contributed by atoms with van der Waals surface area (Å²) in [5.74, 6) is -5.48. The number of hydrogen-bond acceptors (Lipinski definition) is 3. The first-order valence-electron chi connectivity index (χ1n) is 4.51. The van der Waals surface area contributed by atoms with E-state index in [1.807, 2.05) is 0 Å². The van der Waals surface area contributed by atoms with E-state index < -0.39 is 29.4 Å². The lowest BCUT2D eigenvalue weighted by Gasteiger charge is -2.31. The fraction of sp³-hybridized carbons (Fsp3) is 0.778. The van der Waals surface area contributed by atoms with Gasteiger partial charge in [-0.15, -0.1) is 0 Å².